The van der Waals surface area contributed by atoms with E-state index in [2.05, 4.69) is 18.4 Å². The summed E-state index contributed by atoms with van der Waals surface area (Å²) in [6.45, 7) is 10.2. The molecule has 0 atom stereocenters. The minimum absolute atomic E-state index is 0.00893. The molecule has 0 spiro atoms. The van der Waals surface area contributed by atoms with Gasteiger partial charge in [0.1, 0.15) is 0 Å². The molecular weight excluding hydrogens is 226 g/mol. The molecule has 2 aliphatic rings. The monoisotopic (exact) mass is 253 g/mol. The summed E-state index contributed by atoms with van der Waals surface area (Å²) in [6.07, 6.45) is 5.82. The Bertz CT molecular complexity index is 302. The second-order valence-electron chi connectivity index (χ2n) is 6.60. The van der Waals surface area contributed by atoms with Gasteiger partial charge in [0.05, 0.1) is 12.4 Å². The predicted octanol–water partition coefficient (Wildman–Crippen LogP) is 2.98. The number of aliphatic hydroxyl groups excluding tert-OH is 1. The number of nitrogens with zero attached hydrogens (tertiary/aromatic N) is 1. The number of likely N-dealkylation sites (tertiary alicyclic amines) is 1. The van der Waals surface area contributed by atoms with E-state index in [1.54, 1.807) is 7.11 Å². The van der Waals surface area contributed by atoms with Crippen LogP contribution in [0, 0.1) is 10.8 Å². The lowest BCUT2D eigenvalue weighted by atomic mass is 9.67. The molecule has 3 nitrogen and oxygen atoms in total. The summed E-state index contributed by atoms with van der Waals surface area (Å²) in [5.74, 6) is 0.402. The highest BCUT2D eigenvalue weighted by Crippen LogP contribution is 2.46. The lowest BCUT2D eigenvalue weighted by molar-refractivity contribution is 0.00227. The maximum atomic E-state index is 9.80. The maximum Gasteiger partial charge on any atom is 0.0925 e. The lowest BCUT2D eigenvalue weighted by Gasteiger charge is -2.47. The zero-order valence-electron chi connectivity index (χ0n) is 11.9. The number of piperidine rings is 1. The molecule has 104 valence electrons. The Hall–Kier alpha value is -0.540. The van der Waals surface area contributed by atoms with Crippen LogP contribution in [-0.2, 0) is 4.74 Å². The van der Waals surface area contributed by atoms with Crippen molar-refractivity contribution >= 4 is 0 Å². The van der Waals surface area contributed by atoms with E-state index in [-0.39, 0.29) is 5.41 Å². The molecule has 1 aliphatic heterocycles. The molecule has 3 heteroatoms. The van der Waals surface area contributed by atoms with Crippen molar-refractivity contribution in [3.63, 3.8) is 0 Å². The molecule has 1 heterocycles. The van der Waals surface area contributed by atoms with E-state index in [0.29, 0.717) is 11.2 Å². The van der Waals surface area contributed by atoms with Crippen LogP contribution in [0.4, 0.5) is 0 Å². The quantitative estimate of drug-likeness (QED) is 0.765. The summed E-state index contributed by atoms with van der Waals surface area (Å²) in [7, 11) is 1.79. The number of rotatable bonds is 5. The van der Waals surface area contributed by atoms with Gasteiger partial charge < -0.3 is 14.7 Å². The van der Waals surface area contributed by atoms with Gasteiger partial charge in [0.15, 0.2) is 0 Å². The fraction of sp³-hybridized carbons (Fsp3) is 0.867. The molecule has 1 saturated heterocycles. The largest absolute Gasteiger partial charge is 0.512 e. The van der Waals surface area contributed by atoms with Crippen LogP contribution in [-0.4, -0.2) is 43.4 Å². The van der Waals surface area contributed by atoms with Crippen molar-refractivity contribution in [2.75, 3.05) is 33.4 Å². The third-order valence-electron chi connectivity index (χ3n) is 5.01. The third kappa shape index (κ3) is 2.72. The molecule has 0 amide bonds. The first kappa shape index (κ1) is 13.9. The molecule has 0 aromatic rings. The maximum absolute atomic E-state index is 9.80. The molecule has 0 unspecified atom stereocenters. The standard InChI is InChI=1S/C15H27NO2/c1-13(17)15(5-4-6-15)11-16-9-7-14(2,8-10-16)12-18-3/h17H,1,4-12H2,2-3H3. The summed E-state index contributed by atoms with van der Waals surface area (Å²) >= 11 is 0. The van der Waals surface area contributed by atoms with E-state index in [1.807, 2.05) is 0 Å². The van der Waals surface area contributed by atoms with Crippen LogP contribution in [0.3, 0.4) is 0 Å². The van der Waals surface area contributed by atoms with E-state index in [0.717, 1.165) is 39.1 Å². The van der Waals surface area contributed by atoms with E-state index in [1.165, 1.54) is 19.3 Å². The first-order chi connectivity index (χ1) is 8.50. The van der Waals surface area contributed by atoms with Gasteiger partial charge in [-0.2, -0.15) is 0 Å². The van der Waals surface area contributed by atoms with Gasteiger partial charge in [-0.05, 0) is 44.2 Å². The van der Waals surface area contributed by atoms with Gasteiger partial charge in [0.2, 0.25) is 0 Å². The molecule has 18 heavy (non-hydrogen) atoms. The van der Waals surface area contributed by atoms with E-state index >= 15 is 0 Å². The molecule has 1 N–H and O–H groups in total. The second-order valence-corrected chi connectivity index (χ2v) is 6.60. The first-order valence-electron chi connectivity index (χ1n) is 7.09. The van der Waals surface area contributed by atoms with Gasteiger partial charge >= 0.3 is 0 Å². The van der Waals surface area contributed by atoms with Crippen LogP contribution in [0.2, 0.25) is 0 Å². The smallest absolute Gasteiger partial charge is 0.0925 e. The molecule has 2 rings (SSSR count). The van der Waals surface area contributed by atoms with E-state index in [9.17, 15) is 5.11 Å². The van der Waals surface area contributed by atoms with E-state index in [4.69, 9.17) is 4.74 Å². The Morgan fingerprint density at radius 1 is 1.28 bits per heavy atom. The number of aliphatic hydroxyl groups is 1. The van der Waals surface area contributed by atoms with Crippen molar-refractivity contribution in [2.45, 2.75) is 39.0 Å². The zero-order valence-corrected chi connectivity index (χ0v) is 11.9. The Morgan fingerprint density at radius 2 is 1.89 bits per heavy atom. The fourth-order valence-corrected chi connectivity index (χ4v) is 3.31. The fourth-order valence-electron chi connectivity index (χ4n) is 3.31. The summed E-state index contributed by atoms with van der Waals surface area (Å²) in [4.78, 5) is 2.50. The molecule has 2 fully saturated rings. The van der Waals surface area contributed by atoms with Crippen molar-refractivity contribution in [1.29, 1.82) is 0 Å². The van der Waals surface area contributed by atoms with Crippen LogP contribution >= 0.6 is 0 Å². The molecule has 0 bridgehead atoms. The van der Waals surface area contributed by atoms with Crippen LogP contribution in [0.5, 0.6) is 0 Å². The Morgan fingerprint density at radius 3 is 2.28 bits per heavy atom. The lowest BCUT2D eigenvalue weighted by Crippen LogP contribution is -2.48. The number of ether oxygens (including phenoxy) is 1. The van der Waals surface area contributed by atoms with E-state index < -0.39 is 0 Å². The van der Waals surface area contributed by atoms with Gasteiger partial charge in [0, 0.05) is 19.1 Å². The van der Waals surface area contributed by atoms with Crippen molar-refractivity contribution in [2.24, 2.45) is 10.8 Å². The normalized spacial score (nSPS) is 26.6. The summed E-state index contributed by atoms with van der Waals surface area (Å²) in [5, 5.41) is 9.80. The number of hydrogen-bond acceptors (Lipinski definition) is 3. The van der Waals surface area contributed by atoms with Crippen molar-refractivity contribution in [3.8, 4) is 0 Å². The van der Waals surface area contributed by atoms with Crippen LogP contribution < -0.4 is 0 Å². The van der Waals surface area contributed by atoms with Gasteiger partial charge in [-0.25, -0.2) is 0 Å². The topological polar surface area (TPSA) is 32.7 Å². The summed E-state index contributed by atoms with van der Waals surface area (Å²) in [5.41, 5.74) is 0.350. The molecule has 0 radical (unpaired) electrons. The predicted molar refractivity (Wildman–Crippen MR) is 73.7 cm³/mol. The zero-order chi connectivity index (χ0) is 13.2. The SMILES string of the molecule is C=C(O)C1(CN2CCC(C)(COC)CC2)CCC1. The molecule has 0 aromatic carbocycles. The highest BCUT2D eigenvalue weighted by atomic mass is 16.5. The van der Waals surface area contributed by atoms with Gasteiger partial charge in [-0.3, -0.25) is 0 Å². The summed E-state index contributed by atoms with van der Waals surface area (Å²) < 4.78 is 5.32. The molecule has 0 aromatic heterocycles. The highest BCUT2D eigenvalue weighted by Gasteiger charge is 2.42. The van der Waals surface area contributed by atoms with Crippen LogP contribution in [0.1, 0.15) is 39.0 Å². The first-order valence-corrected chi connectivity index (χ1v) is 7.09. The summed E-state index contributed by atoms with van der Waals surface area (Å²) in [6, 6.07) is 0. The van der Waals surface area contributed by atoms with Gasteiger partial charge in [0.25, 0.3) is 0 Å². The number of methoxy groups -OCH3 is 1. The second kappa shape index (κ2) is 5.22. The Labute approximate surface area is 111 Å². The Kier molecular flexibility index (Phi) is 4.02. The van der Waals surface area contributed by atoms with Gasteiger partial charge in [-0.15, -0.1) is 0 Å². The van der Waals surface area contributed by atoms with Crippen LogP contribution in [0.25, 0.3) is 0 Å². The Balaban J connectivity index is 1.85. The minimum atomic E-state index is 0.00893. The highest BCUT2D eigenvalue weighted by molar-refractivity contribution is 5.09. The van der Waals surface area contributed by atoms with Crippen molar-refractivity contribution < 1.29 is 9.84 Å². The van der Waals surface area contributed by atoms with Crippen molar-refractivity contribution in [3.05, 3.63) is 12.3 Å². The minimum Gasteiger partial charge on any atom is -0.512 e. The average Bonchev–Trinajstić information content (AvgIpc) is 2.26. The number of hydrogen-bond donors (Lipinski definition) is 1. The molecule has 1 saturated carbocycles. The van der Waals surface area contributed by atoms with Crippen LogP contribution in [0.15, 0.2) is 12.3 Å². The average molecular weight is 253 g/mol. The molecular formula is C15H27NO2. The van der Waals surface area contributed by atoms with Crippen molar-refractivity contribution in [1.82, 2.24) is 4.90 Å². The van der Waals surface area contributed by atoms with Gasteiger partial charge in [-0.1, -0.05) is 19.9 Å². The molecule has 1 aliphatic carbocycles. The third-order valence-corrected chi connectivity index (χ3v) is 5.01.